The molecule has 2 rings (SSSR count). The number of hydrogen-bond donors (Lipinski definition) is 2. The molecule has 0 spiro atoms. The molecule has 1 atom stereocenters. The first-order valence-electron chi connectivity index (χ1n) is 5.35. The van der Waals surface area contributed by atoms with E-state index in [4.69, 9.17) is 9.68 Å². The fourth-order valence-electron chi connectivity index (χ4n) is 1.55. The first-order chi connectivity index (χ1) is 8.70. The molecule has 1 unspecified atom stereocenters. The van der Waals surface area contributed by atoms with Crippen LogP contribution in [0.3, 0.4) is 0 Å². The zero-order valence-electron chi connectivity index (χ0n) is 9.43. The van der Waals surface area contributed by atoms with Gasteiger partial charge in [0.2, 0.25) is 0 Å². The number of nitrogens with one attached hydrogen (secondary N) is 1. The number of anilines is 1. The van der Waals surface area contributed by atoms with Crippen molar-refractivity contribution in [2.75, 3.05) is 11.9 Å². The van der Waals surface area contributed by atoms with Gasteiger partial charge in [-0.1, -0.05) is 15.9 Å². The summed E-state index contributed by atoms with van der Waals surface area (Å²) < 4.78 is 5.94. The molecule has 1 aromatic carbocycles. The fourth-order valence-corrected chi connectivity index (χ4v) is 1.91. The molecule has 0 amide bonds. The van der Waals surface area contributed by atoms with Crippen LogP contribution >= 0.6 is 15.9 Å². The van der Waals surface area contributed by atoms with Gasteiger partial charge in [-0.15, -0.1) is 0 Å². The van der Waals surface area contributed by atoms with E-state index in [2.05, 4.69) is 27.3 Å². The van der Waals surface area contributed by atoms with Crippen LogP contribution in [0.5, 0.6) is 0 Å². The predicted molar refractivity (Wildman–Crippen MR) is 71.0 cm³/mol. The summed E-state index contributed by atoms with van der Waals surface area (Å²) in [7, 11) is 0. The number of aliphatic hydroxyl groups is 1. The summed E-state index contributed by atoms with van der Waals surface area (Å²) in [6, 6.07) is 10.9. The SMILES string of the molecule is N#Cc1cc(Br)ccc1NCC(O)c1ccco1. The van der Waals surface area contributed by atoms with Crippen molar-refractivity contribution in [1.82, 2.24) is 0 Å². The normalized spacial score (nSPS) is 11.8. The van der Waals surface area contributed by atoms with Gasteiger partial charge in [-0.3, -0.25) is 0 Å². The molecule has 18 heavy (non-hydrogen) atoms. The minimum absolute atomic E-state index is 0.282. The lowest BCUT2D eigenvalue weighted by Crippen LogP contribution is -2.12. The number of hydrogen-bond acceptors (Lipinski definition) is 4. The number of rotatable bonds is 4. The van der Waals surface area contributed by atoms with Gasteiger partial charge in [-0.25, -0.2) is 0 Å². The molecule has 2 aromatic rings. The Kier molecular flexibility index (Phi) is 4.03. The van der Waals surface area contributed by atoms with E-state index in [0.717, 1.165) is 4.47 Å². The smallest absolute Gasteiger partial charge is 0.134 e. The Bertz CT molecular complexity index is 561. The second-order valence-corrected chi connectivity index (χ2v) is 4.63. The zero-order valence-corrected chi connectivity index (χ0v) is 11.0. The molecular weight excluding hydrogens is 296 g/mol. The topological polar surface area (TPSA) is 69.2 Å². The summed E-state index contributed by atoms with van der Waals surface area (Å²) in [5.74, 6) is 0.498. The Morgan fingerprint density at radius 3 is 2.94 bits per heavy atom. The number of furan rings is 1. The molecule has 0 bridgehead atoms. The van der Waals surface area contributed by atoms with Crippen LogP contribution in [0.25, 0.3) is 0 Å². The van der Waals surface area contributed by atoms with Crippen LogP contribution in [0.15, 0.2) is 45.5 Å². The molecule has 0 aliphatic carbocycles. The maximum atomic E-state index is 9.84. The molecule has 92 valence electrons. The van der Waals surface area contributed by atoms with Crippen molar-refractivity contribution >= 4 is 21.6 Å². The van der Waals surface area contributed by atoms with E-state index in [9.17, 15) is 5.11 Å². The van der Waals surface area contributed by atoms with Crippen LogP contribution < -0.4 is 5.32 Å². The highest BCUT2D eigenvalue weighted by molar-refractivity contribution is 9.10. The maximum Gasteiger partial charge on any atom is 0.134 e. The third-order valence-electron chi connectivity index (χ3n) is 2.46. The summed E-state index contributed by atoms with van der Waals surface area (Å²) in [5, 5.41) is 21.9. The van der Waals surface area contributed by atoms with Gasteiger partial charge in [0.15, 0.2) is 0 Å². The molecular formula is C13H11BrN2O2. The van der Waals surface area contributed by atoms with Crippen LogP contribution in [0.4, 0.5) is 5.69 Å². The van der Waals surface area contributed by atoms with Crippen molar-refractivity contribution in [2.45, 2.75) is 6.10 Å². The second kappa shape index (κ2) is 5.71. The minimum atomic E-state index is -0.741. The average Bonchev–Trinajstić information content (AvgIpc) is 2.90. The minimum Gasteiger partial charge on any atom is -0.467 e. The van der Waals surface area contributed by atoms with Crippen molar-refractivity contribution in [1.29, 1.82) is 5.26 Å². The van der Waals surface area contributed by atoms with Gasteiger partial charge in [0.25, 0.3) is 0 Å². The van der Waals surface area contributed by atoms with Gasteiger partial charge in [-0.05, 0) is 30.3 Å². The van der Waals surface area contributed by atoms with E-state index < -0.39 is 6.10 Å². The van der Waals surface area contributed by atoms with E-state index in [1.165, 1.54) is 6.26 Å². The van der Waals surface area contributed by atoms with Crippen LogP contribution in [-0.4, -0.2) is 11.7 Å². The number of nitriles is 1. The summed E-state index contributed by atoms with van der Waals surface area (Å²) in [5.41, 5.74) is 1.21. The lowest BCUT2D eigenvalue weighted by atomic mass is 10.2. The summed E-state index contributed by atoms with van der Waals surface area (Å²) >= 11 is 3.31. The first kappa shape index (κ1) is 12.7. The van der Waals surface area contributed by atoms with Crippen LogP contribution in [0.2, 0.25) is 0 Å². The molecule has 0 saturated heterocycles. The first-order valence-corrected chi connectivity index (χ1v) is 6.15. The molecule has 0 aliphatic rings. The second-order valence-electron chi connectivity index (χ2n) is 3.71. The molecule has 0 radical (unpaired) electrons. The van der Waals surface area contributed by atoms with E-state index >= 15 is 0 Å². The zero-order chi connectivity index (χ0) is 13.0. The molecule has 5 heteroatoms. The standard InChI is InChI=1S/C13H11BrN2O2/c14-10-3-4-11(9(6-10)7-15)16-8-12(17)13-2-1-5-18-13/h1-6,12,16-17H,8H2. The monoisotopic (exact) mass is 306 g/mol. The molecule has 2 N–H and O–H groups in total. The lowest BCUT2D eigenvalue weighted by Gasteiger charge is -2.11. The number of nitrogens with zero attached hydrogens (tertiary/aromatic N) is 1. The Balaban J connectivity index is 2.05. The Morgan fingerprint density at radius 2 is 2.28 bits per heavy atom. The van der Waals surface area contributed by atoms with Gasteiger partial charge in [0, 0.05) is 11.0 Å². The third kappa shape index (κ3) is 2.92. The van der Waals surface area contributed by atoms with E-state index in [0.29, 0.717) is 17.0 Å². The quantitative estimate of drug-likeness (QED) is 0.911. The number of aliphatic hydroxyl groups excluding tert-OH is 1. The van der Waals surface area contributed by atoms with Gasteiger partial charge >= 0.3 is 0 Å². The summed E-state index contributed by atoms with van der Waals surface area (Å²) in [4.78, 5) is 0. The molecule has 1 aromatic heterocycles. The molecule has 0 aliphatic heterocycles. The fraction of sp³-hybridized carbons (Fsp3) is 0.154. The van der Waals surface area contributed by atoms with Gasteiger partial charge in [0.05, 0.1) is 17.5 Å². The van der Waals surface area contributed by atoms with Crippen LogP contribution in [0, 0.1) is 11.3 Å². The highest BCUT2D eigenvalue weighted by Gasteiger charge is 2.11. The Labute approximate surface area is 113 Å². The highest BCUT2D eigenvalue weighted by atomic mass is 79.9. The van der Waals surface area contributed by atoms with Crippen molar-refractivity contribution < 1.29 is 9.52 Å². The summed E-state index contributed by atoms with van der Waals surface area (Å²) in [6.07, 6.45) is 0.772. The van der Waals surface area contributed by atoms with Gasteiger partial charge in [0.1, 0.15) is 17.9 Å². The molecule has 0 fully saturated rings. The van der Waals surface area contributed by atoms with Crippen molar-refractivity contribution in [3.63, 3.8) is 0 Å². The lowest BCUT2D eigenvalue weighted by molar-refractivity contribution is 0.162. The van der Waals surface area contributed by atoms with Gasteiger partial charge in [-0.2, -0.15) is 5.26 Å². The highest BCUT2D eigenvalue weighted by Crippen LogP contribution is 2.21. The van der Waals surface area contributed by atoms with Gasteiger partial charge < -0.3 is 14.8 Å². The van der Waals surface area contributed by atoms with Crippen molar-refractivity contribution in [3.8, 4) is 6.07 Å². The number of benzene rings is 1. The van der Waals surface area contributed by atoms with Crippen LogP contribution in [-0.2, 0) is 0 Å². The van der Waals surface area contributed by atoms with E-state index in [1.807, 2.05) is 6.07 Å². The Hall–Kier alpha value is -1.77. The maximum absolute atomic E-state index is 9.84. The van der Waals surface area contributed by atoms with E-state index in [-0.39, 0.29) is 6.54 Å². The molecule has 1 heterocycles. The average molecular weight is 307 g/mol. The van der Waals surface area contributed by atoms with Crippen molar-refractivity contribution in [2.24, 2.45) is 0 Å². The Morgan fingerprint density at radius 1 is 1.44 bits per heavy atom. The third-order valence-corrected chi connectivity index (χ3v) is 2.95. The van der Waals surface area contributed by atoms with Crippen molar-refractivity contribution in [3.05, 3.63) is 52.4 Å². The number of halogens is 1. The molecule has 4 nitrogen and oxygen atoms in total. The molecule has 0 saturated carbocycles. The predicted octanol–water partition coefficient (Wildman–Crippen LogP) is 3.06. The largest absolute Gasteiger partial charge is 0.467 e. The van der Waals surface area contributed by atoms with Crippen LogP contribution in [0.1, 0.15) is 17.4 Å². The summed E-state index contributed by atoms with van der Waals surface area (Å²) in [6.45, 7) is 0.282. The van der Waals surface area contributed by atoms with E-state index in [1.54, 1.807) is 24.3 Å².